The molecule has 3 aromatic carbocycles. The number of halogens is 1. The van der Waals surface area contributed by atoms with Gasteiger partial charge >= 0.3 is 0 Å². The number of carbonyl (C=O) groups is 1. The summed E-state index contributed by atoms with van der Waals surface area (Å²) in [4.78, 5) is 17.4. The van der Waals surface area contributed by atoms with Gasteiger partial charge in [0.1, 0.15) is 5.75 Å². The number of aromatic nitrogens is 3. The van der Waals surface area contributed by atoms with E-state index in [0.717, 1.165) is 22.4 Å². The van der Waals surface area contributed by atoms with Gasteiger partial charge in [-0.2, -0.15) is 0 Å². The van der Waals surface area contributed by atoms with E-state index in [0.29, 0.717) is 22.2 Å². The summed E-state index contributed by atoms with van der Waals surface area (Å²) >= 11 is 6.18. The van der Waals surface area contributed by atoms with E-state index >= 15 is 0 Å². The second-order valence-electron chi connectivity index (χ2n) is 7.13. The van der Waals surface area contributed by atoms with Gasteiger partial charge in [-0.15, -0.1) is 5.10 Å². The average Bonchev–Trinajstić information content (AvgIpc) is 3.22. The predicted octanol–water partition coefficient (Wildman–Crippen LogP) is 5.47. The fourth-order valence-electron chi connectivity index (χ4n) is 3.13. The molecular weight excluding hydrogens is 412 g/mol. The lowest BCUT2D eigenvalue weighted by Gasteiger charge is -2.07. The molecule has 31 heavy (non-hydrogen) atoms. The number of hydrogen-bond donors (Lipinski definition) is 1. The molecule has 0 saturated carbocycles. The highest BCUT2D eigenvalue weighted by molar-refractivity contribution is 6.30. The first kappa shape index (κ1) is 20.6. The van der Waals surface area contributed by atoms with Gasteiger partial charge in [0.15, 0.2) is 5.82 Å². The second-order valence-corrected chi connectivity index (χ2v) is 7.57. The minimum absolute atomic E-state index is 0.0593. The molecule has 1 aromatic heterocycles. The fourth-order valence-corrected chi connectivity index (χ4v) is 3.31. The number of benzene rings is 3. The van der Waals surface area contributed by atoms with Gasteiger partial charge in [-0.05, 0) is 79.6 Å². The summed E-state index contributed by atoms with van der Waals surface area (Å²) in [5, 5.41) is 7.92. The van der Waals surface area contributed by atoms with Crippen LogP contribution in [0.1, 0.15) is 21.7 Å². The zero-order valence-corrected chi connectivity index (χ0v) is 18.1. The van der Waals surface area contributed by atoms with Crippen molar-refractivity contribution in [2.24, 2.45) is 0 Å². The Kier molecular flexibility index (Phi) is 5.73. The molecule has 0 atom stereocenters. The monoisotopic (exact) mass is 432 g/mol. The maximum Gasteiger partial charge on any atom is 0.295 e. The standard InChI is InChI=1S/C24H21ClN4O2/c1-15-7-10-19(13-16(15)2)26-24(30)22-27-23(17-8-11-21(31-3)12-9-17)29(28-22)20-6-4-5-18(25)14-20/h4-14H,1-3H3,(H,26,30). The molecule has 156 valence electrons. The summed E-state index contributed by atoms with van der Waals surface area (Å²) in [7, 11) is 1.61. The number of anilines is 1. The van der Waals surface area contributed by atoms with Crippen LogP contribution in [0, 0.1) is 13.8 Å². The Morgan fingerprint density at radius 2 is 1.77 bits per heavy atom. The second kappa shape index (κ2) is 8.62. The zero-order chi connectivity index (χ0) is 22.0. The van der Waals surface area contributed by atoms with Crippen molar-refractivity contribution in [3.05, 3.63) is 88.7 Å². The van der Waals surface area contributed by atoms with Gasteiger partial charge in [0.2, 0.25) is 5.82 Å². The molecule has 7 heteroatoms. The van der Waals surface area contributed by atoms with Crippen LogP contribution >= 0.6 is 11.6 Å². The maximum absolute atomic E-state index is 12.9. The quantitative estimate of drug-likeness (QED) is 0.454. The maximum atomic E-state index is 12.9. The third-order valence-corrected chi connectivity index (χ3v) is 5.21. The highest BCUT2D eigenvalue weighted by Crippen LogP contribution is 2.25. The number of nitrogens with zero attached hydrogens (tertiary/aromatic N) is 3. The van der Waals surface area contributed by atoms with Crippen LogP contribution in [0.3, 0.4) is 0 Å². The molecule has 0 radical (unpaired) electrons. The molecule has 4 aromatic rings. The molecule has 1 heterocycles. The van der Waals surface area contributed by atoms with Crippen LogP contribution < -0.4 is 10.1 Å². The number of amides is 1. The largest absolute Gasteiger partial charge is 0.497 e. The molecule has 4 rings (SSSR count). The number of rotatable bonds is 5. The van der Waals surface area contributed by atoms with Crippen molar-refractivity contribution in [1.82, 2.24) is 14.8 Å². The van der Waals surface area contributed by atoms with Gasteiger partial charge in [-0.1, -0.05) is 23.7 Å². The van der Waals surface area contributed by atoms with Gasteiger partial charge < -0.3 is 10.1 Å². The van der Waals surface area contributed by atoms with E-state index in [9.17, 15) is 4.79 Å². The SMILES string of the molecule is COc1ccc(-c2nc(C(=O)Nc3ccc(C)c(C)c3)nn2-c2cccc(Cl)c2)cc1. The Morgan fingerprint density at radius 1 is 1.00 bits per heavy atom. The first-order chi connectivity index (χ1) is 14.9. The van der Waals surface area contributed by atoms with Gasteiger partial charge in [-0.25, -0.2) is 9.67 Å². The first-order valence-corrected chi connectivity index (χ1v) is 10.1. The number of hydrogen-bond acceptors (Lipinski definition) is 4. The van der Waals surface area contributed by atoms with E-state index in [1.165, 1.54) is 0 Å². The van der Waals surface area contributed by atoms with Crippen LogP contribution in [0.5, 0.6) is 5.75 Å². The predicted molar refractivity (Wildman–Crippen MR) is 122 cm³/mol. The van der Waals surface area contributed by atoms with Crippen LogP contribution in [0.4, 0.5) is 5.69 Å². The van der Waals surface area contributed by atoms with E-state index in [-0.39, 0.29) is 5.82 Å². The van der Waals surface area contributed by atoms with Crippen LogP contribution in [0.15, 0.2) is 66.7 Å². The highest BCUT2D eigenvalue weighted by atomic mass is 35.5. The molecule has 0 saturated heterocycles. The fraction of sp³-hybridized carbons (Fsp3) is 0.125. The number of ether oxygens (including phenoxy) is 1. The Bertz CT molecular complexity index is 1250. The van der Waals surface area contributed by atoms with Crippen LogP contribution in [-0.4, -0.2) is 27.8 Å². The van der Waals surface area contributed by atoms with Crippen molar-refractivity contribution in [3.63, 3.8) is 0 Å². The van der Waals surface area contributed by atoms with E-state index in [1.54, 1.807) is 23.9 Å². The summed E-state index contributed by atoms with van der Waals surface area (Å²) in [5.41, 5.74) is 4.44. The molecule has 1 N–H and O–H groups in total. The number of nitrogens with one attached hydrogen (secondary N) is 1. The zero-order valence-electron chi connectivity index (χ0n) is 17.4. The Labute approximate surface area is 185 Å². The molecular formula is C24H21ClN4O2. The van der Waals surface area contributed by atoms with Crippen molar-refractivity contribution < 1.29 is 9.53 Å². The molecule has 0 bridgehead atoms. The molecule has 0 unspecified atom stereocenters. The highest BCUT2D eigenvalue weighted by Gasteiger charge is 2.19. The smallest absolute Gasteiger partial charge is 0.295 e. The molecule has 6 nitrogen and oxygen atoms in total. The van der Waals surface area contributed by atoms with E-state index in [1.807, 2.05) is 68.4 Å². The first-order valence-electron chi connectivity index (χ1n) is 9.70. The number of methoxy groups -OCH3 is 1. The summed E-state index contributed by atoms with van der Waals surface area (Å²) in [5.74, 6) is 0.920. The molecule has 0 aliphatic carbocycles. The van der Waals surface area contributed by atoms with Crippen molar-refractivity contribution >= 4 is 23.2 Å². The molecule has 1 amide bonds. The summed E-state index contributed by atoms with van der Waals surface area (Å²) < 4.78 is 6.85. The van der Waals surface area contributed by atoms with Crippen molar-refractivity contribution in [2.75, 3.05) is 12.4 Å². The Hall–Kier alpha value is -3.64. The normalized spacial score (nSPS) is 10.7. The molecule has 0 spiro atoms. The topological polar surface area (TPSA) is 69.0 Å². The van der Waals surface area contributed by atoms with Crippen molar-refractivity contribution in [3.8, 4) is 22.8 Å². The van der Waals surface area contributed by atoms with Gasteiger partial charge in [-0.3, -0.25) is 4.79 Å². The lowest BCUT2D eigenvalue weighted by atomic mass is 10.1. The number of aryl methyl sites for hydroxylation is 2. The minimum atomic E-state index is -0.390. The third kappa shape index (κ3) is 4.44. The Morgan fingerprint density at radius 3 is 2.45 bits per heavy atom. The number of carbonyl (C=O) groups excluding carboxylic acids is 1. The summed E-state index contributed by atoms with van der Waals surface area (Å²) in [6.07, 6.45) is 0. The molecule has 0 aliphatic heterocycles. The van der Waals surface area contributed by atoms with Crippen LogP contribution in [0.25, 0.3) is 17.1 Å². The summed E-state index contributed by atoms with van der Waals surface area (Å²) in [6.45, 7) is 4.02. The lowest BCUT2D eigenvalue weighted by molar-refractivity contribution is 0.101. The summed E-state index contributed by atoms with van der Waals surface area (Å²) in [6, 6.07) is 20.4. The average molecular weight is 433 g/mol. The van der Waals surface area contributed by atoms with E-state index < -0.39 is 5.91 Å². The van der Waals surface area contributed by atoms with Gasteiger partial charge in [0, 0.05) is 16.3 Å². The minimum Gasteiger partial charge on any atom is -0.497 e. The molecule has 0 aliphatic rings. The Balaban J connectivity index is 1.74. The van der Waals surface area contributed by atoms with E-state index in [2.05, 4.69) is 15.4 Å². The van der Waals surface area contributed by atoms with Gasteiger partial charge in [0.25, 0.3) is 5.91 Å². The van der Waals surface area contributed by atoms with Crippen LogP contribution in [0.2, 0.25) is 5.02 Å². The van der Waals surface area contributed by atoms with Crippen LogP contribution in [-0.2, 0) is 0 Å². The van der Waals surface area contributed by atoms with E-state index in [4.69, 9.17) is 16.3 Å². The third-order valence-electron chi connectivity index (χ3n) is 4.98. The van der Waals surface area contributed by atoms with Gasteiger partial charge in [0.05, 0.1) is 12.8 Å². The van der Waals surface area contributed by atoms with Crippen molar-refractivity contribution in [1.29, 1.82) is 0 Å². The van der Waals surface area contributed by atoms with Crippen molar-refractivity contribution in [2.45, 2.75) is 13.8 Å². The lowest BCUT2D eigenvalue weighted by Crippen LogP contribution is -2.14. The molecule has 0 fully saturated rings.